The lowest BCUT2D eigenvalue weighted by Crippen LogP contribution is -2.13. The van der Waals surface area contributed by atoms with Crippen molar-refractivity contribution >= 4 is 66.4 Å². The molecule has 0 aliphatic heterocycles. The van der Waals surface area contributed by atoms with Gasteiger partial charge in [-0.25, -0.2) is 0 Å². The molecule has 0 amide bonds. The van der Waals surface area contributed by atoms with Gasteiger partial charge >= 0.3 is 0 Å². The third-order valence-corrected chi connectivity index (χ3v) is 13.5. The summed E-state index contributed by atoms with van der Waals surface area (Å²) in [6, 6.07) is 72.7. The standard InChI is InChI=1S/C63H58N2/c1-8-44-39-60(64(51-29-25-45(26-30-51)41(2)3)53-23-15-21-49(37-53)47-17-11-9-12-18-47)57-36-34-56-59(43(6)7)40-61(58-35-33-55(44)62(57)63(56)58)65(52-31-27-46(28-32-52)42(4)5)54-24-16-22-50(38-54)48-19-13-10-14-20-48/h9-43H,8H2,1-7H3. The highest BCUT2D eigenvalue weighted by molar-refractivity contribution is 6.29. The molecule has 0 N–H and O–H groups in total. The monoisotopic (exact) mass is 842 g/mol. The molecule has 10 rings (SSSR count). The molecule has 0 radical (unpaired) electrons. The van der Waals surface area contributed by atoms with E-state index in [1.165, 1.54) is 88.2 Å². The molecule has 320 valence electrons. The first kappa shape index (κ1) is 41.8. The van der Waals surface area contributed by atoms with Crippen molar-refractivity contribution in [1.82, 2.24) is 0 Å². The van der Waals surface area contributed by atoms with Crippen LogP contribution in [0.5, 0.6) is 0 Å². The number of aryl methyl sites for hydroxylation is 1. The van der Waals surface area contributed by atoms with Crippen molar-refractivity contribution in [3.63, 3.8) is 0 Å². The molecule has 10 aromatic rings. The molecule has 2 nitrogen and oxygen atoms in total. The van der Waals surface area contributed by atoms with Crippen molar-refractivity contribution in [1.29, 1.82) is 0 Å². The number of rotatable bonds is 12. The minimum Gasteiger partial charge on any atom is -0.310 e. The summed E-state index contributed by atoms with van der Waals surface area (Å²) in [4.78, 5) is 5.01. The largest absolute Gasteiger partial charge is 0.310 e. The van der Waals surface area contributed by atoms with Crippen LogP contribution in [0, 0.1) is 0 Å². The first-order valence-corrected chi connectivity index (χ1v) is 23.6. The van der Waals surface area contributed by atoms with E-state index in [0.717, 1.165) is 29.2 Å². The molecule has 0 atom stereocenters. The van der Waals surface area contributed by atoms with E-state index < -0.39 is 0 Å². The predicted molar refractivity (Wildman–Crippen MR) is 282 cm³/mol. The molecule has 0 saturated carbocycles. The van der Waals surface area contributed by atoms with Crippen LogP contribution in [0.3, 0.4) is 0 Å². The van der Waals surface area contributed by atoms with Gasteiger partial charge in [-0.15, -0.1) is 0 Å². The molecule has 0 unspecified atom stereocenters. The van der Waals surface area contributed by atoms with Crippen LogP contribution >= 0.6 is 0 Å². The summed E-state index contributed by atoms with van der Waals surface area (Å²) in [5.74, 6) is 1.18. The van der Waals surface area contributed by atoms with Crippen molar-refractivity contribution < 1.29 is 0 Å². The van der Waals surface area contributed by atoms with Crippen LogP contribution < -0.4 is 9.80 Å². The van der Waals surface area contributed by atoms with Crippen molar-refractivity contribution in [2.24, 2.45) is 0 Å². The summed E-state index contributed by atoms with van der Waals surface area (Å²) in [5, 5.41) is 7.80. The highest BCUT2D eigenvalue weighted by Crippen LogP contribution is 2.51. The molecule has 0 heterocycles. The Hall–Kier alpha value is -7.16. The third kappa shape index (κ3) is 7.72. The first-order valence-electron chi connectivity index (χ1n) is 23.6. The Kier molecular flexibility index (Phi) is 11.2. The fourth-order valence-corrected chi connectivity index (χ4v) is 9.98. The third-order valence-electron chi connectivity index (χ3n) is 13.5. The summed E-state index contributed by atoms with van der Waals surface area (Å²) in [5.41, 5.74) is 17.1. The zero-order chi connectivity index (χ0) is 44.8. The lowest BCUT2D eigenvalue weighted by Gasteiger charge is -2.31. The molecule has 65 heavy (non-hydrogen) atoms. The normalized spacial score (nSPS) is 11.8. The van der Waals surface area contributed by atoms with Crippen LogP contribution in [0.4, 0.5) is 34.1 Å². The van der Waals surface area contributed by atoms with E-state index in [4.69, 9.17) is 0 Å². The molecule has 0 aliphatic rings. The molecule has 0 fully saturated rings. The maximum atomic E-state index is 2.51. The Balaban J connectivity index is 1.27. The Labute approximate surface area is 385 Å². The average molecular weight is 843 g/mol. The summed E-state index contributed by atoms with van der Waals surface area (Å²) >= 11 is 0. The van der Waals surface area contributed by atoms with Crippen LogP contribution in [0.2, 0.25) is 0 Å². The summed E-state index contributed by atoms with van der Waals surface area (Å²) < 4.78 is 0. The smallest absolute Gasteiger partial charge is 0.0543 e. The van der Waals surface area contributed by atoms with Gasteiger partial charge in [-0.3, -0.25) is 0 Å². The van der Waals surface area contributed by atoms with Gasteiger partial charge in [0.2, 0.25) is 0 Å². The van der Waals surface area contributed by atoms with E-state index in [1.54, 1.807) is 0 Å². The maximum Gasteiger partial charge on any atom is 0.0543 e. The first-order chi connectivity index (χ1) is 31.7. The zero-order valence-electron chi connectivity index (χ0n) is 38.8. The van der Waals surface area contributed by atoms with Crippen molar-refractivity contribution in [2.75, 3.05) is 9.80 Å². The van der Waals surface area contributed by atoms with Crippen LogP contribution in [0.1, 0.15) is 88.5 Å². The van der Waals surface area contributed by atoms with Crippen LogP contribution in [0.15, 0.2) is 194 Å². The molecule has 0 saturated heterocycles. The number of hydrogen-bond acceptors (Lipinski definition) is 2. The molecule has 2 heteroatoms. The number of hydrogen-bond donors (Lipinski definition) is 0. The molecular weight excluding hydrogens is 785 g/mol. The second kappa shape index (κ2) is 17.4. The van der Waals surface area contributed by atoms with Crippen molar-refractivity contribution in [3.05, 3.63) is 216 Å². The second-order valence-electron chi connectivity index (χ2n) is 18.6. The fourth-order valence-electron chi connectivity index (χ4n) is 9.98. The van der Waals surface area contributed by atoms with Crippen molar-refractivity contribution in [2.45, 2.75) is 72.6 Å². The van der Waals surface area contributed by atoms with Crippen LogP contribution in [-0.2, 0) is 6.42 Å². The van der Waals surface area contributed by atoms with E-state index >= 15 is 0 Å². The second-order valence-corrected chi connectivity index (χ2v) is 18.6. The molecule has 0 spiro atoms. The lowest BCUT2D eigenvalue weighted by molar-refractivity contribution is 0.866. The van der Waals surface area contributed by atoms with Gasteiger partial charge in [0, 0.05) is 33.5 Å². The Morgan fingerprint density at radius 3 is 1.20 bits per heavy atom. The quantitative estimate of drug-likeness (QED) is 0.113. The van der Waals surface area contributed by atoms with Gasteiger partial charge in [-0.2, -0.15) is 0 Å². The zero-order valence-corrected chi connectivity index (χ0v) is 38.8. The summed E-state index contributed by atoms with van der Waals surface area (Å²) in [6.45, 7) is 16.1. The highest BCUT2D eigenvalue weighted by atomic mass is 15.1. The fraction of sp³-hybridized carbons (Fsp3) is 0.175. The van der Waals surface area contributed by atoms with Gasteiger partial charge in [-0.1, -0.05) is 182 Å². The van der Waals surface area contributed by atoms with Crippen LogP contribution in [0.25, 0.3) is 54.6 Å². The Morgan fingerprint density at radius 1 is 0.338 bits per heavy atom. The van der Waals surface area contributed by atoms with Gasteiger partial charge in [0.1, 0.15) is 0 Å². The average Bonchev–Trinajstić information content (AvgIpc) is 3.34. The highest BCUT2D eigenvalue weighted by Gasteiger charge is 2.26. The van der Waals surface area contributed by atoms with E-state index in [-0.39, 0.29) is 0 Å². The number of nitrogens with zero attached hydrogens (tertiary/aromatic N) is 2. The minimum atomic E-state index is 0.293. The Bertz CT molecular complexity index is 3250. The maximum absolute atomic E-state index is 2.51. The lowest BCUT2D eigenvalue weighted by atomic mass is 9.85. The topological polar surface area (TPSA) is 6.48 Å². The molecular formula is C63H58N2. The number of anilines is 6. The van der Waals surface area contributed by atoms with Gasteiger partial charge < -0.3 is 9.80 Å². The number of benzene rings is 10. The van der Waals surface area contributed by atoms with Crippen molar-refractivity contribution in [3.8, 4) is 22.3 Å². The van der Waals surface area contributed by atoms with E-state index in [9.17, 15) is 0 Å². The van der Waals surface area contributed by atoms with E-state index in [0.29, 0.717) is 17.8 Å². The Morgan fingerprint density at radius 2 is 0.754 bits per heavy atom. The van der Waals surface area contributed by atoms with E-state index in [1.807, 2.05) is 0 Å². The predicted octanol–water partition coefficient (Wildman–Crippen LogP) is 18.8. The van der Waals surface area contributed by atoms with Gasteiger partial charge in [0.05, 0.1) is 11.4 Å². The minimum absolute atomic E-state index is 0.293. The van der Waals surface area contributed by atoms with Crippen LogP contribution in [-0.4, -0.2) is 0 Å². The molecule has 10 aromatic carbocycles. The van der Waals surface area contributed by atoms with Gasteiger partial charge in [0.25, 0.3) is 0 Å². The van der Waals surface area contributed by atoms with E-state index in [2.05, 4.69) is 252 Å². The summed E-state index contributed by atoms with van der Waals surface area (Å²) in [6.07, 6.45) is 0.913. The van der Waals surface area contributed by atoms with Gasteiger partial charge in [0.15, 0.2) is 0 Å². The SMILES string of the molecule is CCc1cc(N(c2ccc(C(C)C)cc2)c2cccc(-c3ccccc3)c2)c2ccc3c(C(C)C)cc(N(c4ccc(C(C)C)cc4)c4cccc(-c5ccccc5)c4)c4ccc1c2c34. The summed E-state index contributed by atoms with van der Waals surface area (Å²) in [7, 11) is 0. The molecule has 0 aliphatic carbocycles. The molecule has 0 bridgehead atoms. The van der Waals surface area contributed by atoms with Gasteiger partial charge in [-0.05, 0) is 151 Å². The molecule has 0 aromatic heterocycles.